The van der Waals surface area contributed by atoms with Gasteiger partial charge in [0.1, 0.15) is 0 Å². The van der Waals surface area contributed by atoms with Gasteiger partial charge in [-0.2, -0.15) is 0 Å². The van der Waals surface area contributed by atoms with Crippen LogP contribution in [0.4, 0.5) is 0 Å². The molecule has 0 fully saturated rings. The lowest BCUT2D eigenvalue weighted by atomic mass is 10.1. The first-order valence-corrected chi connectivity index (χ1v) is 8.95. The van der Waals surface area contributed by atoms with Gasteiger partial charge < -0.3 is 19.5 Å². The van der Waals surface area contributed by atoms with E-state index in [9.17, 15) is 4.79 Å². The molecule has 6 nitrogen and oxygen atoms in total. The van der Waals surface area contributed by atoms with Crippen molar-refractivity contribution in [2.24, 2.45) is 0 Å². The zero-order chi connectivity index (χ0) is 18.2. The van der Waals surface area contributed by atoms with E-state index >= 15 is 0 Å². The third kappa shape index (κ3) is 4.97. The first kappa shape index (κ1) is 19.3. The van der Waals surface area contributed by atoms with Gasteiger partial charge in [-0.05, 0) is 47.2 Å². The van der Waals surface area contributed by atoms with E-state index in [0.717, 1.165) is 15.6 Å². The van der Waals surface area contributed by atoms with E-state index in [2.05, 4.69) is 32.9 Å². The van der Waals surface area contributed by atoms with Gasteiger partial charge in [0, 0.05) is 21.9 Å². The quantitative estimate of drug-likeness (QED) is 0.617. The summed E-state index contributed by atoms with van der Waals surface area (Å²) in [6.45, 7) is 2.95. The number of methoxy groups -OCH3 is 2. The van der Waals surface area contributed by atoms with Crippen LogP contribution < -0.4 is 19.5 Å². The topological polar surface area (TPSA) is 69.7 Å². The molecule has 0 bridgehead atoms. The molecular formula is C18H21IN2O4. The Morgan fingerprint density at radius 2 is 1.96 bits per heavy atom. The third-order valence-electron chi connectivity index (χ3n) is 3.45. The average molecular weight is 456 g/mol. The van der Waals surface area contributed by atoms with Crippen LogP contribution in [0, 0.1) is 3.57 Å². The summed E-state index contributed by atoms with van der Waals surface area (Å²) in [4.78, 5) is 16.8. The zero-order valence-electron chi connectivity index (χ0n) is 14.5. The maximum absolute atomic E-state index is 12.6. The Labute approximate surface area is 161 Å². The van der Waals surface area contributed by atoms with Gasteiger partial charge in [-0.1, -0.05) is 13.0 Å². The molecule has 134 valence electrons. The molecule has 2 rings (SSSR count). The highest BCUT2D eigenvalue weighted by molar-refractivity contribution is 14.1. The summed E-state index contributed by atoms with van der Waals surface area (Å²) >= 11 is 2.10. The molecule has 0 radical (unpaired) electrons. The Balaban J connectivity index is 2.13. The molecule has 25 heavy (non-hydrogen) atoms. The highest BCUT2D eigenvalue weighted by Crippen LogP contribution is 2.31. The Kier molecular flexibility index (Phi) is 7.30. The number of nitrogens with zero attached hydrogens (tertiary/aromatic N) is 1. The number of rotatable bonds is 8. The summed E-state index contributed by atoms with van der Waals surface area (Å²) in [5, 5.41) is 2.90. The van der Waals surface area contributed by atoms with Crippen LogP contribution in [0.2, 0.25) is 0 Å². The lowest BCUT2D eigenvalue weighted by molar-refractivity contribution is 0.0949. The number of amides is 1. The molecule has 0 aliphatic rings. The molecule has 0 saturated heterocycles. The number of aromatic nitrogens is 1. The molecule has 7 heteroatoms. The van der Waals surface area contributed by atoms with Crippen molar-refractivity contribution in [3.63, 3.8) is 0 Å². The predicted molar refractivity (Wildman–Crippen MR) is 103 cm³/mol. The summed E-state index contributed by atoms with van der Waals surface area (Å²) in [5.74, 6) is 1.45. The van der Waals surface area contributed by atoms with Gasteiger partial charge in [-0.15, -0.1) is 0 Å². The second-order valence-electron chi connectivity index (χ2n) is 5.19. The van der Waals surface area contributed by atoms with Crippen LogP contribution in [0.1, 0.15) is 29.3 Å². The molecule has 0 atom stereocenters. The summed E-state index contributed by atoms with van der Waals surface area (Å²) in [6, 6.07) is 7.15. The van der Waals surface area contributed by atoms with E-state index in [1.54, 1.807) is 32.5 Å². The lowest BCUT2D eigenvalue weighted by Gasteiger charge is -2.13. The number of carbonyl (C=O) groups excluding carboxylic acids is 1. The number of halogens is 1. The standard InChI is InChI=1S/C18H21IN2O4/c1-4-8-25-18-12(6-5-7-20-18)11-21-17(22)13-9-15(23-2)16(24-3)10-14(13)19/h5-7,9-10H,4,8,11H2,1-3H3,(H,21,22). The maximum atomic E-state index is 12.6. The van der Waals surface area contributed by atoms with Crippen molar-refractivity contribution in [3.05, 3.63) is 45.2 Å². The highest BCUT2D eigenvalue weighted by Gasteiger charge is 2.16. The summed E-state index contributed by atoms with van der Waals surface area (Å²) in [6.07, 6.45) is 2.57. The molecule has 0 spiro atoms. The monoisotopic (exact) mass is 456 g/mol. The van der Waals surface area contributed by atoms with E-state index in [4.69, 9.17) is 14.2 Å². The first-order valence-electron chi connectivity index (χ1n) is 7.87. The second kappa shape index (κ2) is 9.45. The molecule has 1 amide bonds. The average Bonchev–Trinajstić information content (AvgIpc) is 2.64. The van der Waals surface area contributed by atoms with Crippen molar-refractivity contribution in [2.75, 3.05) is 20.8 Å². The van der Waals surface area contributed by atoms with Gasteiger partial charge in [0.05, 0.1) is 26.4 Å². The molecule has 0 unspecified atom stereocenters. The number of pyridine rings is 1. The first-order chi connectivity index (χ1) is 12.1. The van der Waals surface area contributed by atoms with Crippen molar-refractivity contribution in [1.82, 2.24) is 10.3 Å². The summed E-state index contributed by atoms with van der Waals surface area (Å²) in [5.41, 5.74) is 1.36. The number of hydrogen-bond acceptors (Lipinski definition) is 5. The molecule has 1 heterocycles. The lowest BCUT2D eigenvalue weighted by Crippen LogP contribution is -2.24. The van der Waals surface area contributed by atoms with E-state index < -0.39 is 0 Å². The van der Waals surface area contributed by atoms with Gasteiger partial charge in [0.25, 0.3) is 5.91 Å². The van der Waals surface area contributed by atoms with Crippen molar-refractivity contribution < 1.29 is 19.0 Å². The molecule has 0 saturated carbocycles. The van der Waals surface area contributed by atoms with Crippen molar-refractivity contribution >= 4 is 28.5 Å². The fraction of sp³-hybridized carbons (Fsp3) is 0.333. The molecule has 2 aromatic rings. The minimum atomic E-state index is -0.198. The van der Waals surface area contributed by atoms with E-state index in [-0.39, 0.29) is 5.91 Å². The SMILES string of the molecule is CCCOc1ncccc1CNC(=O)c1cc(OC)c(OC)cc1I. The maximum Gasteiger partial charge on any atom is 0.252 e. The van der Waals surface area contributed by atoms with Gasteiger partial charge in [0.2, 0.25) is 5.88 Å². The van der Waals surface area contributed by atoms with E-state index in [1.165, 1.54) is 0 Å². The molecule has 1 N–H and O–H groups in total. The normalized spacial score (nSPS) is 10.2. The van der Waals surface area contributed by atoms with Crippen LogP contribution in [0.25, 0.3) is 0 Å². The van der Waals surface area contributed by atoms with Gasteiger partial charge >= 0.3 is 0 Å². The molecule has 1 aromatic carbocycles. The number of benzene rings is 1. The fourth-order valence-corrected chi connectivity index (χ4v) is 2.87. The zero-order valence-corrected chi connectivity index (χ0v) is 16.6. The van der Waals surface area contributed by atoms with Crippen molar-refractivity contribution in [1.29, 1.82) is 0 Å². The Morgan fingerprint density at radius 3 is 2.64 bits per heavy atom. The van der Waals surface area contributed by atoms with Crippen LogP contribution >= 0.6 is 22.6 Å². The van der Waals surface area contributed by atoms with Crippen LogP contribution in [0.5, 0.6) is 17.4 Å². The summed E-state index contributed by atoms with van der Waals surface area (Å²) in [7, 11) is 3.10. The van der Waals surface area contributed by atoms with Crippen molar-refractivity contribution in [2.45, 2.75) is 19.9 Å². The predicted octanol–water partition coefficient (Wildman–Crippen LogP) is 3.42. The number of nitrogens with one attached hydrogen (secondary N) is 1. The van der Waals surface area contributed by atoms with Crippen LogP contribution in [-0.4, -0.2) is 31.7 Å². The van der Waals surface area contributed by atoms with Gasteiger partial charge in [-0.3, -0.25) is 4.79 Å². The number of ether oxygens (including phenoxy) is 3. The Hall–Kier alpha value is -2.03. The van der Waals surface area contributed by atoms with E-state index in [0.29, 0.717) is 36.1 Å². The third-order valence-corrected chi connectivity index (χ3v) is 4.34. The molecule has 0 aliphatic heterocycles. The van der Waals surface area contributed by atoms with Crippen LogP contribution in [-0.2, 0) is 6.54 Å². The molecular weight excluding hydrogens is 435 g/mol. The van der Waals surface area contributed by atoms with Gasteiger partial charge in [0.15, 0.2) is 11.5 Å². The minimum Gasteiger partial charge on any atom is -0.493 e. The largest absolute Gasteiger partial charge is 0.493 e. The van der Waals surface area contributed by atoms with Crippen LogP contribution in [0.3, 0.4) is 0 Å². The smallest absolute Gasteiger partial charge is 0.252 e. The summed E-state index contributed by atoms with van der Waals surface area (Å²) < 4.78 is 16.9. The van der Waals surface area contributed by atoms with Crippen LogP contribution in [0.15, 0.2) is 30.5 Å². The second-order valence-corrected chi connectivity index (χ2v) is 6.35. The Morgan fingerprint density at radius 1 is 1.24 bits per heavy atom. The number of carbonyl (C=O) groups is 1. The fourth-order valence-electron chi connectivity index (χ4n) is 2.19. The van der Waals surface area contributed by atoms with Crippen molar-refractivity contribution in [3.8, 4) is 17.4 Å². The number of hydrogen-bond donors (Lipinski definition) is 1. The molecule has 1 aromatic heterocycles. The Bertz CT molecular complexity index is 737. The minimum absolute atomic E-state index is 0.198. The molecule has 0 aliphatic carbocycles. The van der Waals surface area contributed by atoms with E-state index in [1.807, 2.05) is 19.1 Å². The van der Waals surface area contributed by atoms with Gasteiger partial charge in [-0.25, -0.2) is 4.98 Å². The highest BCUT2D eigenvalue weighted by atomic mass is 127.